The van der Waals surface area contributed by atoms with E-state index in [1.807, 2.05) is 30.3 Å². The van der Waals surface area contributed by atoms with Crippen LogP contribution in [-0.4, -0.2) is 65.5 Å². The molecule has 1 heterocycles. The number of piperazine rings is 1. The largest absolute Gasteiger partial charge is 0.444 e. The standard InChI is InChI=1S/C20H29N3O4/c1-15(24)22-10-12-23(13-11-22)18(25)17(14-16-8-6-5-7-9-16)21-19(26)27-20(2,3)4/h5-9,17H,10-14H2,1-4H3,(H,21,26)/t17-/m0/s1. The first-order chi connectivity index (χ1) is 12.7. The van der Waals surface area contributed by atoms with Crippen LogP contribution in [0.2, 0.25) is 0 Å². The smallest absolute Gasteiger partial charge is 0.408 e. The third kappa shape index (κ3) is 6.58. The minimum Gasteiger partial charge on any atom is -0.444 e. The predicted molar refractivity (Wildman–Crippen MR) is 102 cm³/mol. The number of carbonyl (C=O) groups is 3. The van der Waals surface area contributed by atoms with Crippen LogP contribution in [-0.2, 0) is 20.7 Å². The van der Waals surface area contributed by atoms with Gasteiger partial charge < -0.3 is 19.9 Å². The lowest BCUT2D eigenvalue weighted by Gasteiger charge is -2.36. The van der Waals surface area contributed by atoms with Gasteiger partial charge in [-0.15, -0.1) is 0 Å². The molecule has 0 bridgehead atoms. The zero-order valence-electron chi connectivity index (χ0n) is 16.5. The average Bonchev–Trinajstić information content (AvgIpc) is 2.60. The normalized spacial score (nSPS) is 15.9. The van der Waals surface area contributed by atoms with Crippen molar-refractivity contribution in [3.05, 3.63) is 35.9 Å². The Morgan fingerprint density at radius 2 is 1.59 bits per heavy atom. The number of hydrogen-bond donors (Lipinski definition) is 1. The van der Waals surface area contributed by atoms with Gasteiger partial charge in [0.25, 0.3) is 0 Å². The molecule has 1 aromatic rings. The van der Waals surface area contributed by atoms with E-state index >= 15 is 0 Å². The lowest BCUT2D eigenvalue weighted by atomic mass is 10.0. The van der Waals surface area contributed by atoms with Gasteiger partial charge in [0.15, 0.2) is 0 Å². The number of ether oxygens (including phenoxy) is 1. The molecule has 7 nitrogen and oxygen atoms in total. The molecule has 1 saturated heterocycles. The maximum atomic E-state index is 13.0. The first-order valence-corrected chi connectivity index (χ1v) is 9.23. The highest BCUT2D eigenvalue weighted by Crippen LogP contribution is 2.11. The molecule has 1 fully saturated rings. The Bertz CT molecular complexity index is 662. The van der Waals surface area contributed by atoms with E-state index in [9.17, 15) is 14.4 Å². The summed E-state index contributed by atoms with van der Waals surface area (Å²) >= 11 is 0. The van der Waals surface area contributed by atoms with Gasteiger partial charge in [-0.05, 0) is 26.3 Å². The zero-order valence-corrected chi connectivity index (χ0v) is 16.5. The van der Waals surface area contributed by atoms with E-state index in [-0.39, 0.29) is 11.8 Å². The van der Waals surface area contributed by atoms with E-state index in [1.165, 1.54) is 6.92 Å². The van der Waals surface area contributed by atoms with Gasteiger partial charge in [-0.2, -0.15) is 0 Å². The molecular formula is C20H29N3O4. The molecule has 1 aromatic carbocycles. The van der Waals surface area contributed by atoms with Gasteiger partial charge in [0.2, 0.25) is 11.8 Å². The fourth-order valence-corrected chi connectivity index (χ4v) is 2.96. The Morgan fingerprint density at radius 3 is 2.11 bits per heavy atom. The van der Waals surface area contributed by atoms with Crippen LogP contribution in [0.15, 0.2) is 30.3 Å². The van der Waals surface area contributed by atoms with Crippen molar-refractivity contribution in [2.75, 3.05) is 26.2 Å². The molecule has 0 aliphatic carbocycles. The van der Waals surface area contributed by atoms with Gasteiger partial charge in [0.1, 0.15) is 11.6 Å². The van der Waals surface area contributed by atoms with Crippen molar-refractivity contribution in [2.45, 2.75) is 45.8 Å². The summed E-state index contributed by atoms with van der Waals surface area (Å²) in [6.07, 6.45) is -0.231. The van der Waals surface area contributed by atoms with E-state index in [1.54, 1.807) is 30.6 Å². The average molecular weight is 375 g/mol. The van der Waals surface area contributed by atoms with Crippen molar-refractivity contribution in [1.82, 2.24) is 15.1 Å². The predicted octanol–water partition coefficient (Wildman–Crippen LogP) is 1.81. The maximum Gasteiger partial charge on any atom is 0.408 e. The molecule has 0 aromatic heterocycles. The molecule has 1 aliphatic heterocycles. The highest BCUT2D eigenvalue weighted by atomic mass is 16.6. The van der Waals surface area contributed by atoms with Gasteiger partial charge in [-0.1, -0.05) is 30.3 Å². The monoisotopic (exact) mass is 375 g/mol. The summed E-state index contributed by atoms with van der Waals surface area (Å²) in [5.74, 6) is -0.150. The van der Waals surface area contributed by atoms with Crippen LogP contribution in [0.1, 0.15) is 33.3 Å². The molecular weight excluding hydrogens is 346 g/mol. The summed E-state index contributed by atoms with van der Waals surface area (Å²) in [6, 6.07) is 8.83. The van der Waals surface area contributed by atoms with Gasteiger partial charge in [-0.3, -0.25) is 9.59 Å². The number of benzene rings is 1. The molecule has 1 N–H and O–H groups in total. The van der Waals surface area contributed by atoms with Crippen LogP contribution in [0.4, 0.5) is 4.79 Å². The Hall–Kier alpha value is -2.57. The van der Waals surface area contributed by atoms with E-state index < -0.39 is 17.7 Å². The molecule has 0 radical (unpaired) electrons. The van der Waals surface area contributed by atoms with Crippen molar-refractivity contribution in [3.8, 4) is 0 Å². The summed E-state index contributed by atoms with van der Waals surface area (Å²) < 4.78 is 5.32. The Morgan fingerprint density at radius 1 is 1.04 bits per heavy atom. The van der Waals surface area contributed by atoms with Crippen LogP contribution in [0, 0.1) is 0 Å². The van der Waals surface area contributed by atoms with E-state index in [0.29, 0.717) is 32.6 Å². The zero-order chi connectivity index (χ0) is 20.0. The molecule has 7 heteroatoms. The SMILES string of the molecule is CC(=O)N1CCN(C(=O)[C@H](Cc2ccccc2)NC(=O)OC(C)(C)C)CC1. The second kappa shape index (κ2) is 8.88. The quantitative estimate of drug-likeness (QED) is 0.871. The second-order valence-electron chi connectivity index (χ2n) is 7.72. The third-order valence-electron chi connectivity index (χ3n) is 4.31. The molecule has 0 saturated carbocycles. The highest BCUT2D eigenvalue weighted by Gasteiger charge is 2.30. The lowest BCUT2D eigenvalue weighted by Crippen LogP contribution is -2.56. The van der Waals surface area contributed by atoms with Crippen LogP contribution in [0.5, 0.6) is 0 Å². The minimum absolute atomic E-state index is 0.00909. The third-order valence-corrected chi connectivity index (χ3v) is 4.31. The van der Waals surface area contributed by atoms with E-state index in [2.05, 4.69) is 5.32 Å². The van der Waals surface area contributed by atoms with Crippen LogP contribution in [0.3, 0.4) is 0 Å². The topological polar surface area (TPSA) is 79.0 Å². The highest BCUT2D eigenvalue weighted by molar-refractivity contribution is 5.86. The van der Waals surface area contributed by atoms with Gasteiger partial charge in [-0.25, -0.2) is 4.79 Å². The number of hydrogen-bond acceptors (Lipinski definition) is 4. The molecule has 148 valence electrons. The van der Waals surface area contributed by atoms with Crippen molar-refractivity contribution in [1.29, 1.82) is 0 Å². The van der Waals surface area contributed by atoms with Crippen molar-refractivity contribution in [3.63, 3.8) is 0 Å². The number of carbonyl (C=O) groups excluding carboxylic acids is 3. The fourth-order valence-electron chi connectivity index (χ4n) is 2.96. The second-order valence-corrected chi connectivity index (χ2v) is 7.72. The van der Waals surface area contributed by atoms with E-state index in [4.69, 9.17) is 4.74 Å². The van der Waals surface area contributed by atoms with Crippen LogP contribution in [0.25, 0.3) is 0 Å². The Kier molecular flexibility index (Phi) is 6.82. The molecule has 3 amide bonds. The molecule has 1 atom stereocenters. The van der Waals surface area contributed by atoms with Crippen molar-refractivity contribution >= 4 is 17.9 Å². The van der Waals surface area contributed by atoms with Crippen LogP contribution >= 0.6 is 0 Å². The minimum atomic E-state index is -0.717. The number of nitrogens with zero attached hydrogens (tertiary/aromatic N) is 2. The first-order valence-electron chi connectivity index (χ1n) is 9.23. The molecule has 0 unspecified atom stereocenters. The van der Waals surface area contributed by atoms with Gasteiger partial charge in [0, 0.05) is 39.5 Å². The number of nitrogens with one attached hydrogen (secondary N) is 1. The summed E-state index contributed by atoms with van der Waals surface area (Å²) in [4.78, 5) is 40.2. The van der Waals surface area contributed by atoms with Crippen molar-refractivity contribution < 1.29 is 19.1 Å². The fraction of sp³-hybridized carbons (Fsp3) is 0.550. The first kappa shape index (κ1) is 20.7. The maximum absolute atomic E-state index is 13.0. The van der Waals surface area contributed by atoms with Gasteiger partial charge >= 0.3 is 6.09 Å². The van der Waals surface area contributed by atoms with Crippen molar-refractivity contribution in [2.24, 2.45) is 0 Å². The number of alkyl carbamates (subject to hydrolysis) is 1. The molecule has 27 heavy (non-hydrogen) atoms. The Balaban J connectivity index is 2.07. The summed E-state index contributed by atoms with van der Waals surface area (Å²) in [5, 5.41) is 2.72. The van der Waals surface area contributed by atoms with Gasteiger partial charge in [0.05, 0.1) is 0 Å². The molecule has 2 rings (SSSR count). The summed E-state index contributed by atoms with van der Waals surface area (Å²) in [5.41, 5.74) is 0.312. The molecule has 1 aliphatic rings. The van der Waals surface area contributed by atoms with E-state index in [0.717, 1.165) is 5.56 Å². The van der Waals surface area contributed by atoms with Crippen LogP contribution < -0.4 is 5.32 Å². The molecule has 0 spiro atoms. The lowest BCUT2D eigenvalue weighted by molar-refractivity contribution is -0.139. The number of rotatable bonds is 4. The Labute approximate surface area is 160 Å². The number of amides is 3. The summed E-state index contributed by atoms with van der Waals surface area (Å²) in [6.45, 7) is 8.79. The summed E-state index contributed by atoms with van der Waals surface area (Å²) in [7, 11) is 0.